The number of amides is 1. The van der Waals surface area contributed by atoms with Gasteiger partial charge >= 0.3 is 5.97 Å². The van der Waals surface area contributed by atoms with Gasteiger partial charge in [0.1, 0.15) is 4.88 Å². The Kier molecular flexibility index (Phi) is 5.21. The Morgan fingerprint density at radius 1 is 1.35 bits per heavy atom. The van der Waals surface area contributed by atoms with Crippen molar-refractivity contribution in [2.45, 2.75) is 52.5 Å². The van der Waals surface area contributed by atoms with Crippen LogP contribution >= 0.6 is 11.5 Å². The molecule has 7 heteroatoms. The highest BCUT2D eigenvalue weighted by atomic mass is 32.1. The highest BCUT2D eigenvalue weighted by Crippen LogP contribution is 2.26. The average Bonchev–Trinajstić information content (AvgIpc) is 2.75. The molecule has 2 N–H and O–H groups in total. The fraction of sp³-hybridized carbons (Fsp3) is 0.692. The van der Waals surface area contributed by atoms with E-state index in [1.807, 2.05) is 34.6 Å². The van der Waals surface area contributed by atoms with Gasteiger partial charge in [0.05, 0.1) is 12.1 Å². The van der Waals surface area contributed by atoms with Crippen molar-refractivity contribution >= 4 is 23.4 Å². The Bertz CT molecular complexity index is 491. The number of carbonyl (C=O) groups excluding carboxylic acids is 1. The molecule has 1 aromatic rings. The van der Waals surface area contributed by atoms with Crippen LogP contribution in [0.3, 0.4) is 0 Å². The lowest BCUT2D eigenvalue weighted by molar-refractivity contribution is -0.137. The first-order valence-corrected chi connectivity index (χ1v) is 7.25. The van der Waals surface area contributed by atoms with Crippen molar-refractivity contribution in [2.24, 2.45) is 5.92 Å². The Hall–Kier alpha value is -1.50. The molecule has 1 aromatic heterocycles. The molecule has 0 aliphatic heterocycles. The number of carboxylic acid groups (broad SMARTS) is 1. The standard InChI is InChI=1S/C13H21N3O3S/c1-7(2)8(6-9(17)18)14-12(19)10-11(13(3,4)5)15-16-20-10/h7-8H,6H2,1-5H3,(H,14,19)(H,17,18). The Morgan fingerprint density at radius 2 is 1.95 bits per heavy atom. The second-order valence-electron chi connectivity index (χ2n) is 6.12. The molecular formula is C13H21N3O3S. The highest BCUT2D eigenvalue weighted by Gasteiger charge is 2.28. The predicted molar refractivity (Wildman–Crippen MR) is 77.0 cm³/mol. The van der Waals surface area contributed by atoms with E-state index in [9.17, 15) is 9.59 Å². The maximum absolute atomic E-state index is 12.3. The second-order valence-corrected chi connectivity index (χ2v) is 6.88. The third-order valence-corrected chi connectivity index (χ3v) is 3.65. The van der Waals surface area contributed by atoms with Gasteiger partial charge in [-0.1, -0.05) is 39.1 Å². The molecule has 0 saturated heterocycles. The minimum Gasteiger partial charge on any atom is -0.481 e. The first-order valence-electron chi connectivity index (χ1n) is 6.48. The summed E-state index contributed by atoms with van der Waals surface area (Å²) in [6.07, 6.45) is -0.0967. The molecule has 6 nitrogen and oxygen atoms in total. The van der Waals surface area contributed by atoms with Crippen LogP contribution in [0.25, 0.3) is 0 Å². The maximum Gasteiger partial charge on any atom is 0.305 e. The van der Waals surface area contributed by atoms with Crippen LogP contribution in [0, 0.1) is 5.92 Å². The third kappa shape index (κ3) is 4.26. The first-order chi connectivity index (χ1) is 9.12. The summed E-state index contributed by atoms with van der Waals surface area (Å²) in [6, 6.07) is -0.407. The summed E-state index contributed by atoms with van der Waals surface area (Å²) in [4.78, 5) is 23.6. The molecule has 0 aliphatic carbocycles. The van der Waals surface area contributed by atoms with Gasteiger partial charge in [-0.15, -0.1) is 5.10 Å². The number of nitrogens with zero attached hydrogens (tertiary/aromatic N) is 2. The number of hydrogen-bond acceptors (Lipinski definition) is 5. The quantitative estimate of drug-likeness (QED) is 0.868. The highest BCUT2D eigenvalue weighted by molar-refractivity contribution is 7.08. The van der Waals surface area contributed by atoms with Gasteiger partial charge in [-0.25, -0.2) is 0 Å². The van der Waals surface area contributed by atoms with Gasteiger partial charge in [-0.05, 0) is 17.5 Å². The van der Waals surface area contributed by atoms with E-state index in [2.05, 4.69) is 14.9 Å². The van der Waals surface area contributed by atoms with Gasteiger partial charge in [0.15, 0.2) is 0 Å². The summed E-state index contributed by atoms with van der Waals surface area (Å²) in [7, 11) is 0. The van der Waals surface area contributed by atoms with Gasteiger partial charge in [0.2, 0.25) is 0 Å². The van der Waals surface area contributed by atoms with Gasteiger partial charge in [0.25, 0.3) is 5.91 Å². The van der Waals surface area contributed by atoms with Crippen molar-refractivity contribution in [3.63, 3.8) is 0 Å². The molecule has 20 heavy (non-hydrogen) atoms. The zero-order chi connectivity index (χ0) is 15.5. The minimum absolute atomic E-state index is 0.0361. The molecule has 1 rings (SSSR count). The second kappa shape index (κ2) is 6.30. The summed E-state index contributed by atoms with van der Waals surface area (Å²) in [6.45, 7) is 9.63. The van der Waals surface area contributed by atoms with Crippen molar-refractivity contribution in [3.8, 4) is 0 Å². The lowest BCUT2D eigenvalue weighted by Gasteiger charge is -2.21. The van der Waals surface area contributed by atoms with E-state index >= 15 is 0 Å². The molecule has 0 radical (unpaired) electrons. The van der Waals surface area contributed by atoms with Crippen molar-refractivity contribution in [1.29, 1.82) is 0 Å². The number of rotatable bonds is 5. The average molecular weight is 299 g/mol. The molecule has 0 aliphatic rings. The van der Waals surface area contributed by atoms with E-state index in [1.165, 1.54) is 0 Å². The Morgan fingerprint density at radius 3 is 2.40 bits per heavy atom. The summed E-state index contributed by atoms with van der Waals surface area (Å²) in [5.41, 5.74) is 0.359. The van der Waals surface area contributed by atoms with Gasteiger partial charge in [0, 0.05) is 11.5 Å². The van der Waals surface area contributed by atoms with E-state index < -0.39 is 12.0 Å². The van der Waals surface area contributed by atoms with Crippen LogP contribution in [0.1, 0.15) is 56.4 Å². The SMILES string of the molecule is CC(C)C(CC(=O)O)NC(=O)c1snnc1C(C)(C)C. The van der Waals surface area contributed by atoms with Crippen LogP contribution in [0.2, 0.25) is 0 Å². The molecule has 0 saturated carbocycles. The van der Waals surface area contributed by atoms with Crippen molar-refractivity contribution in [3.05, 3.63) is 10.6 Å². The number of aromatic nitrogens is 2. The van der Waals surface area contributed by atoms with E-state index in [-0.39, 0.29) is 23.7 Å². The van der Waals surface area contributed by atoms with Gasteiger partial charge in [-0.3, -0.25) is 9.59 Å². The van der Waals surface area contributed by atoms with Crippen molar-refractivity contribution in [1.82, 2.24) is 14.9 Å². The molecule has 0 spiro atoms. The number of carbonyl (C=O) groups is 2. The van der Waals surface area contributed by atoms with Crippen LogP contribution < -0.4 is 5.32 Å². The van der Waals surface area contributed by atoms with Crippen molar-refractivity contribution < 1.29 is 14.7 Å². The third-order valence-electron chi connectivity index (χ3n) is 2.92. The molecule has 0 bridgehead atoms. The van der Waals surface area contributed by atoms with E-state index in [0.717, 1.165) is 11.5 Å². The summed E-state index contributed by atoms with van der Waals surface area (Å²) in [5, 5.41) is 15.7. The minimum atomic E-state index is -0.928. The summed E-state index contributed by atoms with van der Waals surface area (Å²) in [5.74, 6) is -1.19. The van der Waals surface area contributed by atoms with Crippen LogP contribution in [0.15, 0.2) is 0 Å². The maximum atomic E-state index is 12.3. The molecule has 1 amide bonds. The smallest absolute Gasteiger partial charge is 0.305 e. The van der Waals surface area contributed by atoms with Crippen LogP contribution in [-0.2, 0) is 10.2 Å². The van der Waals surface area contributed by atoms with Gasteiger partial charge in [-0.2, -0.15) is 0 Å². The Labute approximate surface area is 122 Å². The molecule has 1 unspecified atom stereocenters. The number of hydrogen-bond donors (Lipinski definition) is 2. The van der Waals surface area contributed by atoms with E-state index in [0.29, 0.717) is 10.6 Å². The Balaban J connectivity index is 2.90. The molecule has 0 fully saturated rings. The fourth-order valence-electron chi connectivity index (χ4n) is 1.71. The number of nitrogens with one attached hydrogen (secondary N) is 1. The predicted octanol–water partition coefficient (Wildman–Crippen LogP) is 2.06. The van der Waals surface area contributed by atoms with Crippen LogP contribution in [0.5, 0.6) is 0 Å². The molecule has 1 heterocycles. The first kappa shape index (κ1) is 16.6. The lowest BCUT2D eigenvalue weighted by Crippen LogP contribution is -2.40. The van der Waals surface area contributed by atoms with Gasteiger partial charge < -0.3 is 10.4 Å². The molecular weight excluding hydrogens is 278 g/mol. The largest absolute Gasteiger partial charge is 0.481 e. The number of carboxylic acids is 1. The molecule has 112 valence electrons. The van der Waals surface area contributed by atoms with Crippen molar-refractivity contribution in [2.75, 3.05) is 0 Å². The molecule has 0 aromatic carbocycles. The lowest BCUT2D eigenvalue weighted by atomic mass is 9.91. The topological polar surface area (TPSA) is 92.2 Å². The monoisotopic (exact) mass is 299 g/mol. The van der Waals surface area contributed by atoms with Crippen LogP contribution in [-0.4, -0.2) is 32.6 Å². The van der Waals surface area contributed by atoms with Crippen LogP contribution in [0.4, 0.5) is 0 Å². The fourth-order valence-corrected chi connectivity index (χ4v) is 2.49. The normalized spacial score (nSPS) is 13.3. The zero-order valence-electron chi connectivity index (χ0n) is 12.4. The zero-order valence-corrected chi connectivity index (χ0v) is 13.2. The van der Waals surface area contributed by atoms with E-state index in [4.69, 9.17) is 5.11 Å². The summed E-state index contributed by atoms with van der Waals surface area (Å²) < 4.78 is 3.84. The number of aliphatic carboxylic acids is 1. The molecule has 1 atom stereocenters. The summed E-state index contributed by atoms with van der Waals surface area (Å²) >= 11 is 1.04. The van der Waals surface area contributed by atoms with E-state index in [1.54, 1.807) is 0 Å².